The third kappa shape index (κ3) is 6.56. The number of likely N-dealkylation sites (N-methyl/N-ethyl adjacent to an activating group) is 1. The van der Waals surface area contributed by atoms with Crippen molar-refractivity contribution in [1.82, 2.24) is 4.90 Å². The number of nitrogens with zero attached hydrogens (tertiary/aromatic N) is 1. The fraction of sp³-hybridized carbons (Fsp3) is 0.500. The van der Waals surface area contributed by atoms with E-state index in [0.29, 0.717) is 10.2 Å². The molecule has 0 fully saturated rings. The second-order valence-corrected chi connectivity index (χ2v) is 6.97. The molecule has 1 aromatic carbocycles. The van der Waals surface area contributed by atoms with Gasteiger partial charge in [0.05, 0.1) is 4.47 Å². The molecular weight excluding hydrogens is 369 g/mol. The molecule has 23 heavy (non-hydrogen) atoms. The third-order valence-corrected chi connectivity index (χ3v) is 3.33. The first kappa shape index (κ1) is 19.4. The quantitative estimate of drug-likeness (QED) is 0.725. The van der Waals surface area contributed by atoms with Crippen LogP contribution in [0.2, 0.25) is 0 Å². The fourth-order valence-corrected chi connectivity index (χ4v) is 2.21. The lowest BCUT2D eigenvalue weighted by Gasteiger charge is -2.24. The van der Waals surface area contributed by atoms with Crippen LogP contribution in [0.15, 0.2) is 22.7 Å². The van der Waals surface area contributed by atoms with Gasteiger partial charge in [-0.25, -0.2) is 4.39 Å². The van der Waals surface area contributed by atoms with Crippen molar-refractivity contribution in [1.29, 1.82) is 0 Å². The molecule has 5 nitrogen and oxygen atoms in total. The van der Waals surface area contributed by atoms with E-state index in [9.17, 15) is 14.0 Å². The summed E-state index contributed by atoms with van der Waals surface area (Å²) in [5.74, 6) is -0.946. The lowest BCUT2D eigenvalue weighted by molar-refractivity contribution is -0.159. The van der Waals surface area contributed by atoms with E-state index < -0.39 is 23.5 Å². The van der Waals surface area contributed by atoms with Crippen molar-refractivity contribution in [2.24, 2.45) is 0 Å². The second kappa shape index (κ2) is 7.77. The van der Waals surface area contributed by atoms with Crippen LogP contribution in [0.4, 0.5) is 4.39 Å². The summed E-state index contributed by atoms with van der Waals surface area (Å²) >= 11 is 3.17. The maximum absolute atomic E-state index is 13.0. The van der Waals surface area contributed by atoms with Gasteiger partial charge in [0.2, 0.25) is 0 Å². The topological polar surface area (TPSA) is 55.8 Å². The molecule has 1 rings (SSSR count). The van der Waals surface area contributed by atoms with E-state index in [-0.39, 0.29) is 12.5 Å². The van der Waals surface area contributed by atoms with Crippen molar-refractivity contribution in [3.8, 4) is 5.75 Å². The minimum Gasteiger partial charge on any atom is -0.480 e. The highest BCUT2D eigenvalue weighted by Crippen LogP contribution is 2.26. The van der Waals surface area contributed by atoms with Crippen molar-refractivity contribution < 1.29 is 23.5 Å². The number of esters is 1. The first-order valence-corrected chi connectivity index (χ1v) is 7.87. The summed E-state index contributed by atoms with van der Waals surface area (Å²) in [5, 5.41) is 0. The molecule has 0 aromatic heterocycles. The molecule has 0 spiro atoms. The number of halogens is 2. The summed E-state index contributed by atoms with van der Waals surface area (Å²) in [4.78, 5) is 25.2. The number of rotatable bonds is 5. The van der Waals surface area contributed by atoms with Crippen LogP contribution >= 0.6 is 15.9 Å². The Kier molecular flexibility index (Phi) is 6.56. The lowest BCUT2D eigenvalue weighted by Crippen LogP contribution is -2.42. The molecule has 0 radical (unpaired) electrons. The Balaban J connectivity index is 2.63. The van der Waals surface area contributed by atoms with Gasteiger partial charge in [-0.1, -0.05) is 0 Å². The number of carbonyl (C=O) groups excluding carboxylic acids is 2. The number of hydrogen-bond donors (Lipinski definition) is 0. The van der Waals surface area contributed by atoms with Crippen molar-refractivity contribution >= 4 is 27.8 Å². The molecule has 0 aliphatic rings. The maximum atomic E-state index is 13.0. The zero-order chi connectivity index (χ0) is 17.8. The molecule has 0 aliphatic carbocycles. The van der Waals surface area contributed by atoms with E-state index in [0.717, 1.165) is 0 Å². The summed E-state index contributed by atoms with van der Waals surface area (Å²) in [6.07, 6.45) is -0.829. The van der Waals surface area contributed by atoms with E-state index in [1.165, 1.54) is 30.1 Å². The number of ether oxygens (including phenoxy) is 2. The molecular formula is C16H21BrFNO4. The van der Waals surface area contributed by atoms with Crippen molar-refractivity contribution in [3.63, 3.8) is 0 Å². The molecule has 7 heteroatoms. The van der Waals surface area contributed by atoms with Gasteiger partial charge in [-0.3, -0.25) is 9.59 Å². The summed E-state index contributed by atoms with van der Waals surface area (Å²) in [7, 11) is 1.49. The van der Waals surface area contributed by atoms with Gasteiger partial charge in [-0.2, -0.15) is 0 Å². The van der Waals surface area contributed by atoms with Crippen LogP contribution in [0, 0.1) is 5.82 Å². The largest absolute Gasteiger partial charge is 0.480 e. The summed E-state index contributed by atoms with van der Waals surface area (Å²) < 4.78 is 24.1. The monoisotopic (exact) mass is 389 g/mol. The Morgan fingerprint density at radius 1 is 1.35 bits per heavy atom. The van der Waals surface area contributed by atoms with Gasteiger partial charge in [0, 0.05) is 7.05 Å². The van der Waals surface area contributed by atoms with Gasteiger partial charge in [0.1, 0.15) is 23.7 Å². The van der Waals surface area contributed by atoms with Gasteiger partial charge in [0.15, 0.2) is 6.10 Å². The number of amides is 1. The molecule has 0 heterocycles. The SMILES string of the molecule is CC(Oc1ccc(F)cc1Br)C(=O)N(C)CC(=O)OC(C)(C)C. The minimum absolute atomic E-state index is 0.172. The zero-order valence-electron chi connectivity index (χ0n) is 13.9. The zero-order valence-corrected chi connectivity index (χ0v) is 15.4. The maximum Gasteiger partial charge on any atom is 0.326 e. The highest BCUT2D eigenvalue weighted by Gasteiger charge is 2.24. The molecule has 1 amide bonds. The molecule has 1 unspecified atom stereocenters. The lowest BCUT2D eigenvalue weighted by atomic mass is 10.2. The summed E-state index contributed by atoms with van der Waals surface area (Å²) in [6, 6.07) is 3.91. The molecule has 0 saturated heterocycles. The Hall–Kier alpha value is -1.63. The van der Waals surface area contributed by atoms with Gasteiger partial charge in [-0.05, 0) is 61.8 Å². The van der Waals surface area contributed by atoms with Crippen LogP contribution in [0.5, 0.6) is 5.75 Å². The van der Waals surface area contributed by atoms with E-state index in [4.69, 9.17) is 9.47 Å². The normalized spacial score (nSPS) is 12.5. The molecule has 0 saturated carbocycles. The van der Waals surface area contributed by atoms with Crippen LogP contribution in [0.3, 0.4) is 0 Å². The number of hydrogen-bond acceptors (Lipinski definition) is 4. The van der Waals surface area contributed by atoms with E-state index in [1.807, 2.05) is 0 Å². The second-order valence-electron chi connectivity index (χ2n) is 6.12. The Morgan fingerprint density at radius 2 is 1.96 bits per heavy atom. The first-order valence-electron chi connectivity index (χ1n) is 7.08. The average molecular weight is 390 g/mol. The van der Waals surface area contributed by atoms with Crippen molar-refractivity contribution in [2.75, 3.05) is 13.6 Å². The minimum atomic E-state index is -0.829. The molecule has 0 aliphatic heterocycles. The van der Waals surface area contributed by atoms with Crippen LogP contribution in [0.25, 0.3) is 0 Å². The highest BCUT2D eigenvalue weighted by molar-refractivity contribution is 9.10. The molecule has 1 aromatic rings. The van der Waals surface area contributed by atoms with Crippen LogP contribution in [-0.4, -0.2) is 42.1 Å². The van der Waals surface area contributed by atoms with Crippen LogP contribution in [0.1, 0.15) is 27.7 Å². The van der Waals surface area contributed by atoms with Gasteiger partial charge in [0.25, 0.3) is 5.91 Å². The van der Waals surface area contributed by atoms with Crippen LogP contribution in [-0.2, 0) is 14.3 Å². The molecule has 128 valence electrons. The predicted octanol–water partition coefficient (Wildman–Crippen LogP) is 3.16. The Labute approximate surface area is 143 Å². The van der Waals surface area contributed by atoms with Crippen molar-refractivity contribution in [2.45, 2.75) is 39.4 Å². The van der Waals surface area contributed by atoms with Crippen molar-refractivity contribution in [3.05, 3.63) is 28.5 Å². The standard InChI is InChI=1S/C16H21BrFNO4/c1-10(22-13-7-6-11(18)8-12(13)17)15(21)19(5)9-14(20)23-16(2,3)4/h6-8,10H,9H2,1-5H3. The van der Waals surface area contributed by atoms with Gasteiger partial charge >= 0.3 is 5.97 Å². The molecule has 0 bridgehead atoms. The molecule has 0 N–H and O–H groups in total. The van der Waals surface area contributed by atoms with Crippen LogP contribution < -0.4 is 4.74 Å². The van der Waals surface area contributed by atoms with E-state index >= 15 is 0 Å². The number of carbonyl (C=O) groups is 2. The smallest absolute Gasteiger partial charge is 0.326 e. The van der Waals surface area contributed by atoms with E-state index in [1.54, 1.807) is 27.7 Å². The van der Waals surface area contributed by atoms with Gasteiger partial charge < -0.3 is 14.4 Å². The first-order chi connectivity index (χ1) is 10.5. The Bertz CT molecular complexity index is 586. The molecule has 1 atom stereocenters. The summed E-state index contributed by atoms with van der Waals surface area (Å²) in [6.45, 7) is 6.65. The highest BCUT2D eigenvalue weighted by atomic mass is 79.9. The van der Waals surface area contributed by atoms with Gasteiger partial charge in [-0.15, -0.1) is 0 Å². The predicted molar refractivity (Wildman–Crippen MR) is 87.7 cm³/mol. The Morgan fingerprint density at radius 3 is 2.48 bits per heavy atom. The third-order valence-electron chi connectivity index (χ3n) is 2.71. The van der Waals surface area contributed by atoms with E-state index in [2.05, 4.69) is 15.9 Å². The number of benzene rings is 1. The average Bonchev–Trinajstić information content (AvgIpc) is 2.38. The summed E-state index contributed by atoms with van der Waals surface area (Å²) in [5.41, 5.74) is -0.609. The fourth-order valence-electron chi connectivity index (χ4n) is 1.77.